The van der Waals surface area contributed by atoms with Crippen LogP contribution in [0.25, 0.3) is 0 Å². The highest BCUT2D eigenvalue weighted by atomic mass is 79.9. The zero-order valence-electron chi connectivity index (χ0n) is 11.6. The molecule has 21 heavy (non-hydrogen) atoms. The lowest BCUT2D eigenvalue weighted by Crippen LogP contribution is -2.10. The van der Waals surface area contributed by atoms with Gasteiger partial charge in [0, 0.05) is 10.0 Å². The van der Waals surface area contributed by atoms with Gasteiger partial charge >= 0.3 is 0 Å². The van der Waals surface area contributed by atoms with Crippen molar-refractivity contribution >= 4 is 21.7 Å². The zero-order valence-corrected chi connectivity index (χ0v) is 13.2. The number of carbonyl (C=O) groups excluding carboxylic acids is 1. The van der Waals surface area contributed by atoms with E-state index in [1.54, 1.807) is 6.07 Å². The van der Waals surface area contributed by atoms with Crippen LogP contribution in [-0.2, 0) is 4.74 Å². The molecule has 0 N–H and O–H groups in total. The van der Waals surface area contributed by atoms with Crippen molar-refractivity contribution in [2.75, 3.05) is 13.2 Å². The summed E-state index contributed by atoms with van der Waals surface area (Å²) in [5.74, 6) is 0.572. The van der Waals surface area contributed by atoms with Crippen molar-refractivity contribution in [1.29, 1.82) is 0 Å². The maximum atomic E-state index is 12.8. The molecule has 0 bridgehead atoms. The number of carbonyl (C=O) groups is 1. The fourth-order valence-electron chi connectivity index (χ4n) is 2.13. The van der Waals surface area contributed by atoms with Gasteiger partial charge in [-0.1, -0.05) is 40.2 Å². The molecule has 1 aliphatic rings. The molecular formula is C17H15BrO3. The topological polar surface area (TPSA) is 38.8 Å². The van der Waals surface area contributed by atoms with E-state index in [0.29, 0.717) is 23.5 Å². The average molecular weight is 347 g/mol. The van der Waals surface area contributed by atoms with Crippen molar-refractivity contribution in [2.45, 2.75) is 13.0 Å². The molecule has 1 unspecified atom stereocenters. The van der Waals surface area contributed by atoms with Crippen LogP contribution < -0.4 is 4.74 Å². The maximum Gasteiger partial charge on any atom is 0.197 e. The molecule has 2 aromatic carbocycles. The summed E-state index contributed by atoms with van der Waals surface area (Å²) in [5.41, 5.74) is 2.22. The molecule has 1 fully saturated rings. The lowest BCUT2D eigenvalue weighted by Gasteiger charge is -2.12. The Morgan fingerprint density at radius 1 is 1.29 bits per heavy atom. The van der Waals surface area contributed by atoms with Crippen molar-refractivity contribution in [1.82, 2.24) is 0 Å². The summed E-state index contributed by atoms with van der Waals surface area (Å²) in [5, 5.41) is 0. The van der Waals surface area contributed by atoms with Crippen LogP contribution in [0.3, 0.4) is 0 Å². The van der Waals surface area contributed by atoms with E-state index in [1.165, 1.54) is 0 Å². The van der Waals surface area contributed by atoms with Crippen LogP contribution in [0.4, 0.5) is 0 Å². The molecular weight excluding hydrogens is 332 g/mol. The van der Waals surface area contributed by atoms with E-state index in [1.807, 2.05) is 43.3 Å². The lowest BCUT2D eigenvalue weighted by atomic mass is 9.98. The SMILES string of the molecule is Cc1ccccc1C(=O)c1cc(Br)ccc1OCC1CO1. The Morgan fingerprint density at radius 2 is 2.05 bits per heavy atom. The van der Waals surface area contributed by atoms with Gasteiger partial charge < -0.3 is 9.47 Å². The summed E-state index contributed by atoms with van der Waals surface area (Å²) in [4.78, 5) is 12.8. The number of hydrogen-bond donors (Lipinski definition) is 0. The maximum absolute atomic E-state index is 12.8. The third-order valence-electron chi connectivity index (χ3n) is 3.40. The molecule has 0 amide bonds. The molecule has 0 aromatic heterocycles. The molecule has 1 atom stereocenters. The van der Waals surface area contributed by atoms with Gasteiger partial charge in [-0.05, 0) is 30.7 Å². The van der Waals surface area contributed by atoms with E-state index in [-0.39, 0.29) is 11.9 Å². The Bertz CT molecular complexity index is 677. The van der Waals surface area contributed by atoms with Gasteiger partial charge in [-0.25, -0.2) is 0 Å². The molecule has 1 saturated heterocycles. The minimum atomic E-state index is -0.0267. The molecule has 3 nitrogen and oxygen atoms in total. The van der Waals surface area contributed by atoms with Gasteiger partial charge in [0.1, 0.15) is 18.5 Å². The second-order valence-electron chi connectivity index (χ2n) is 5.05. The van der Waals surface area contributed by atoms with Crippen LogP contribution in [0.5, 0.6) is 5.75 Å². The molecule has 0 saturated carbocycles. The average Bonchev–Trinajstić information content (AvgIpc) is 3.30. The number of benzene rings is 2. The number of epoxide rings is 1. The van der Waals surface area contributed by atoms with Crippen molar-refractivity contribution in [3.63, 3.8) is 0 Å². The van der Waals surface area contributed by atoms with Crippen LogP contribution in [-0.4, -0.2) is 25.1 Å². The smallest absolute Gasteiger partial charge is 0.197 e. The van der Waals surface area contributed by atoms with Gasteiger partial charge in [-0.3, -0.25) is 4.79 Å². The second-order valence-corrected chi connectivity index (χ2v) is 5.97. The summed E-state index contributed by atoms with van der Waals surface area (Å²) >= 11 is 3.42. The quantitative estimate of drug-likeness (QED) is 0.611. The Labute approximate surface area is 132 Å². The number of aryl methyl sites for hydroxylation is 1. The van der Waals surface area contributed by atoms with E-state index in [4.69, 9.17) is 9.47 Å². The molecule has 0 spiro atoms. The first kappa shape index (κ1) is 14.3. The Hall–Kier alpha value is -1.65. The standard InChI is InChI=1S/C17H15BrO3/c1-11-4-2-3-5-14(11)17(19)15-8-12(18)6-7-16(15)21-10-13-9-20-13/h2-8,13H,9-10H2,1H3. The fourth-order valence-corrected chi connectivity index (χ4v) is 2.49. The number of ketones is 1. The minimum absolute atomic E-state index is 0.0267. The highest BCUT2D eigenvalue weighted by molar-refractivity contribution is 9.10. The van der Waals surface area contributed by atoms with Crippen molar-refractivity contribution in [2.24, 2.45) is 0 Å². The van der Waals surface area contributed by atoms with Gasteiger partial charge in [0.2, 0.25) is 0 Å². The lowest BCUT2D eigenvalue weighted by molar-refractivity contribution is 0.103. The van der Waals surface area contributed by atoms with E-state index >= 15 is 0 Å². The summed E-state index contributed by atoms with van der Waals surface area (Å²) in [6, 6.07) is 13.1. The van der Waals surface area contributed by atoms with Gasteiger partial charge in [0.05, 0.1) is 12.2 Å². The Kier molecular flexibility index (Phi) is 4.08. The first-order valence-corrected chi connectivity index (χ1v) is 7.59. The highest BCUT2D eigenvalue weighted by Gasteiger charge is 2.24. The molecule has 3 rings (SSSR count). The van der Waals surface area contributed by atoms with Crippen LogP contribution in [0.2, 0.25) is 0 Å². The number of hydrogen-bond acceptors (Lipinski definition) is 3. The monoisotopic (exact) mass is 346 g/mol. The van der Waals surface area contributed by atoms with Crippen molar-refractivity contribution in [3.05, 3.63) is 63.6 Å². The molecule has 1 aliphatic heterocycles. The summed E-state index contributed by atoms with van der Waals surface area (Å²) in [7, 11) is 0. The van der Waals surface area contributed by atoms with Gasteiger partial charge in [0.15, 0.2) is 5.78 Å². The number of ether oxygens (including phenoxy) is 2. The van der Waals surface area contributed by atoms with Crippen LogP contribution in [0.15, 0.2) is 46.9 Å². The molecule has 2 aromatic rings. The largest absolute Gasteiger partial charge is 0.490 e. The summed E-state index contributed by atoms with van der Waals surface area (Å²) < 4.78 is 11.7. The normalized spacial score (nSPS) is 16.6. The Balaban J connectivity index is 1.93. The minimum Gasteiger partial charge on any atom is -0.490 e. The van der Waals surface area contributed by atoms with Gasteiger partial charge in [0.25, 0.3) is 0 Å². The molecule has 108 valence electrons. The Morgan fingerprint density at radius 3 is 2.76 bits per heavy atom. The van der Waals surface area contributed by atoms with Crippen molar-refractivity contribution in [3.8, 4) is 5.75 Å². The highest BCUT2D eigenvalue weighted by Crippen LogP contribution is 2.27. The zero-order chi connectivity index (χ0) is 14.8. The third-order valence-corrected chi connectivity index (χ3v) is 3.90. The summed E-state index contributed by atoms with van der Waals surface area (Å²) in [6.45, 7) is 3.15. The van der Waals surface area contributed by atoms with E-state index in [9.17, 15) is 4.79 Å². The molecule has 1 heterocycles. The van der Waals surface area contributed by atoms with Gasteiger partial charge in [-0.15, -0.1) is 0 Å². The molecule has 4 heteroatoms. The van der Waals surface area contributed by atoms with E-state index < -0.39 is 0 Å². The van der Waals surface area contributed by atoms with E-state index in [2.05, 4.69) is 15.9 Å². The summed E-state index contributed by atoms with van der Waals surface area (Å²) in [6.07, 6.45) is 0.162. The van der Waals surface area contributed by atoms with Gasteiger partial charge in [-0.2, -0.15) is 0 Å². The first-order valence-electron chi connectivity index (χ1n) is 6.79. The number of rotatable bonds is 5. The second kappa shape index (κ2) is 6.00. The van der Waals surface area contributed by atoms with Crippen LogP contribution in [0.1, 0.15) is 21.5 Å². The fraction of sp³-hybridized carbons (Fsp3) is 0.235. The van der Waals surface area contributed by atoms with Crippen LogP contribution in [0, 0.1) is 6.92 Å². The predicted molar refractivity (Wildman–Crippen MR) is 84.0 cm³/mol. The van der Waals surface area contributed by atoms with E-state index in [0.717, 1.165) is 16.6 Å². The van der Waals surface area contributed by atoms with Crippen LogP contribution >= 0.6 is 15.9 Å². The molecule has 0 radical (unpaired) electrons. The number of halogens is 1. The molecule has 0 aliphatic carbocycles. The first-order chi connectivity index (χ1) is 10.1. The van der Waals surface area contributed by atoms with Crippen molar-refractivity contribution < 1.29 is 14.3 Å². The third kappa shape index (κ3) is 3.34. The predicted octanol–water partition coefficient (Wildman–Crippen LogP) is 3.77.